The zero-order chi connectivity index (χ0) is 21.3. The second-order valence-electron chi connectivity index (χ2n) is 6.58. The van der Waals surface area contributed by atoms with Gasteiger partial charge in [0.15, 0.2) is 0 Å². The van der Waals surface area contributed by atoms with Crippen molar-refractivity contribution >= 4 is 13.6 Å². The minimum atomic E-state index is -3.04. The molecule has 1 unspecified atom stereocenters. The lowest BCUT2D eigenvalue weighted by molar-refractivity contribution is -0.138. The van der Waals surface area contributed by atoms with Crippen molar-refractivity contribution in [3.63, 3.8) is 0 Å². The minimum absolute atomic E-state index is 0.317. The number of carboxylic acid groups (broad SMARTS) is 1. The van der Waals surface area contributed by atoms with Crippen molar-refractivity contribution in [3.05, 3.63) is 54.1 Å². The second-order valence-corrected chi connectivity index (χ2v) is 8.77. The molecule has 0 aliphatic rings. The monoisotopic (exact) mass is 420 g/mol. The normalized spacial score (nSPS) is 12.5. The molecule has 2 rings (SSSR count). The zero-order valence-corrected chi connectivity index (χ0v) is 18.1. The van der Waals surface area contributed by atoms with E-state index < -0.39 is 19.5 Å². The van der Waals surface area contributed by atoms with E-state index in [1.54, 1.807) is 20.8 Å². The first-order valence-electron chi connectivity index (χ1n) is 9.82. The number of carboxylic acids is 1. The first-order valence-corrected chi connectivity index (χ1v) is 11.6. The fraction of sp³-hybridized carbons (Fsp3) is 0.409. The molecular formula is C22H29O6P. The molecule has 0 radical (unpaired) electrons. The van der Waals surface area contributed by atoms with Gasteiger partial charge >= 0.3 is 13.6 Å². The number of ether oxygens (including phenoxy) is 1. The Morgan fingerprint density at radius 1 is 1.03 bits per heavy atom. The van der Waals surface area contributed by atoms with Gasteiger partial charge in [0.05, 0.1) is 31.9 Å². The van der Waals surface area contributed by atoms with Crippen molar-refractivity contribution in [1.29, 1.82) is 0 Å². The number of hydrogen-bond acceptors (Lipinski definition) is 5. The van der Waals surface area contributed by atoms with Crippen molar-refractivity contribution in [3.8, 4) is 16.9 Å². The topological polar surface area (TPSA) is 82.1 Å². The van der Waals surface area contributed by atoms with Gasteiger partial charge in [-0.2, -0.15) is 0 Å². The molecule has 0 saturated heterocycles. The number of benzene rings is 2. The molecule has 0 aromatic heterocycles. The Morgan fingerprint density at radius 2 is 1.69 bits per heavy atom. The maximum Gasteiger partial charge on any atom is 0.330 e. The molecule has 2 aromatic rings. The van der Waals surface area contributed by atoms with Crippen LogP contribution in [0, 0.1) is 0 Å². The lowest BCUT2D eigenvalue weighted by Gasteiger charge is -2.17. The van der Waals surface area contributed by atoms with Gasteiger partial charge in [-0.25, -0.2) is 0 Å². The predicted octanol–water partition coefficient (Wildman–Crippen LogP) is 5.58. The van der Waals surface area contributed by atoms with Crippen LogP contribution < -0.4 is 4.74 Å². The Balaban J connectivity index is 1.96. The first-order chi connectivity index (χ1) is 13.9. The molecule has 2 aromatic carbocycles. The molecule has 0 heterocycles. The Hall–Kier alpha value is -2.14. The van der Waals surface area contributed by atoms with E-state index in [-0.39, 0.29) is 0 Å². The maximum absolute atomic E-state index is 12.4. The highest BCUT2D eigenvalue weighted by Gasteiger charge is 2.22. The quantitative estimate of drug-likeness (QED) is 0.357. The van der Waals surface area contributed by atoms with Crippen LogP contribution in [0.5, 0.6) is 5.75 Å². The second kappa shape index (κ2) is 11.1. The summed E-state index contributed by atoms with van der Waals surface area (Å²) in [5, 5.41) is 9.12. The molecule has 1 atom stereocenters. The van der Waals surface area contributed by atoms with E-state index in [2.05, 4.69) is 0 Å². The smallest absolute Gasteiger partial charge is 0.330 e. The van der Waals surface area contributed by atoms with E-state index in [1.807, 2.05) is 48.5 Å². The summed E-state index contributed by atoms with van der Waals surface area (Å²) in [6.45, 7) is 6.36. The summed E-state index contributed by atoms with van der Waals surface area (Å²) < 4.78 is 28.8. The van der Waals surface area contributed by atoms with Crippen LogP contribution in [0.4, 0.5) is 0 Å². The maximum atomic E-state index is 12.4. The van der Waals surface area contributed by atoms with Crippen LogP contribution >= 0.6 is 7.60 Å². The Morgan fingerprint density at radius 3 is 2.28 bits per heavy atom. The van der Waals surface area contributed by atoms with Crippen molar-refractivity contribution in [1.82, 2.24) is 0 Å². The summed E-state index contributed by atoms with van der Waals surface area (Å²) >= 11 is 0. The summed E-state index contributed by atoms with van der Waals surface area (Å²) in [5.41, 5.74) is 2.72. The van der Waals surface area contributed by atoms with E-state index in [9.17, 15) is 9.36 Å². The molecule has 7 heteroatoms. The molecule has 0 saturated carbocycles. The van der Waals surface area contributed by atoms with Gasteiger partial charge in [0.25, 0.3) is 0 Å². The van der Waals surface area contributed by atoms with Gasteiger partial charge in [0.1, 0.15) is 5.75 Å². The van der Waals surface area contributed by atoms with Crippen LogP contribution in [-0.2, 0) is 18.4 Å². The third-order valence-electron chi connectivity index (χ3n) is 4.45. The Labute approximate surface area is 172 Å². The Bertz CT molecular complexity index is 823. The van der Waals surface area contributed by atoms with Crippen molar-refractivity contribution in [2.24, 2.45) is 0 Å². The average molecular weight is 420 g/mol. The van der Waals surface area contributed by atoms with Crippen LogP contribution in [0.15, 0.2) is 48.5 Å². The molecule has 0 aliphatic carbocycles. The van der Waals surface area contributed by atoms with Crippen LogP contribution in [0.25, 0.3) is 11.1 Å². The van der Waals surface area contributed by atoms with E-state index in [1.165, 1.54) is 0 Å². The molecule has 0 spiro atoms. The van der Waals surface area contributed by atoms with Gasteiger partial charge in [0, 0.05) is 0 Å². The van der Waals surface area contributed by atoms with E-state index in [4.69, 9.17) is 18.9 Å². The Kier molecular flexibility index (Phi) is 8.90. The first kappa shape index (κ1) is 23.1. The number of rotatable bonds is 12. The summed E-state index contributed by atoms with van der Waals surface area (Å²) in [7, 11) is -3.04. The third kappa shape index (κ3) is 7.00. The molecule has 0 aliphatic heterocycles. The predicted molar refractivity (Wildman–Crippen MR) is 114 cm³/mol. The average Bonchev–Trinajstić information content (AvgIpc) is 2.71. The SMILES string of the molecule is CCOP(=O)(CCCOc1cccc(-c2ccc(C(C)C(=O)O)cc2)c1)OCC. The van der Waals surface area contributed by atoms with Crippen molar-refractivity contribution in [2.75, 3.05) is 26.0 Å². The highest BCUT2D eigenvalue weighted by molar-refractivity contribution is 7.53. The highest BCUT2D eigenvalue weighted by Crippen LogP contribution is 2.48. The highest BCUT2D eigenvalue weighted by atomic mass is 31.2. The standard InChI is InChI=1S/C22H29O6P/c1-4-27-29(25,28-5-2)15-7-14-26-21-9-6-8-20(16-21)19-12-10-18(11-13-19)17(3)22(23)24/h6,8-13,16-17H,4-5,7,14-15H2,1-3H3,(H,23,24). The fourth-order valence-corrected chi connectivity index (χ4v) is 4.52. The largest absolute Gasteiger partial charge is 0.494 e. The van der Waals surface area contributed by atoms with Gasteiger partial charge in [-0.15, -0.1) is 0 Å². The number of carbonyl (C=O) groups is 1. The molecule has 29 heavy (non-hydrogen) atoms. The van der Waals surface area contributed by atoms with Gasteiger partial charge < -0.3 is 18.9 Å². The number of hydrogen-bond donors (Lipinski definition) is 1. The van der Waals surface area contributed by atoms with Crippen molar-refractivity contribution in [2.45, 2.75) is 33.1 Å². The third-order valence-corrected chi connectivity index (χ3v) is 6.61. The minimum Gasteiger partial charge on any atom is -0.494 e. The van der Waals surface area contributed by atoms with Crippen LogP contribution in [0.1, 0.15) is 38.7 Å². The summed E-state index contributed by atoms with van der Waals surface area (Å²) in [6, 6.07) is 15.2. The van der Waals surface area contributed by atoms with Crippen LogP contribution in [0.2, 0.25) is 0 Å². The molecule has 0 amide bonds. The van der Waals surface area contributed by atoms with E-state index in [0.29, 0.717) is 38.2 Å². The lowest BCUT2D eigenvalue weighted by atomic mass is 9.97. The van der Waals surface area contributed by atoms with Gasteiger partial charge in [-0.1, -0.05) is 36.4 Å². The van der Waals surface area contributed by atoms with Crippen LogP contribution in [-0.4, -0.2) is 37.1 Å². The molecular weight excluding hydrogens is 391 g/mol. The summed E-state index contributed by atoms with van der Waals surface area (Å²) in [6.07, 6.45) is 0.876. The molecule has 1 N–H and O–H groups in total. The summed E-state index contributed by atoms with van der Waals surface area (Å²) in [4.78, 5) is 11.1. The molecule has 158 valence electrons. The molecule has 6 nitrogen and oxygen atoms in total. The van der Waals surface area contributed by atoms with Gasteiger partial charge in [-0.05, 0) is 56.0 Å². The van der Waals surface area contributed by atoms with Gasteiger partial charge in [-0.3, -0.25) is 9.36 Å². The van der Waals surface area contributed by atoms with E-state index >= 15 is 0 Å². The van der Waals surface area contributed by atoms with Crippen LogP contribution in [0.3, 0.4) is 0 Å². The van der Waals surface area contributed by atoms with Gasteiger partial charge in [0.2, 0.25) is 0 Å². The molecule has 0 fully saturated rings. The summed E-state index contributed by atoms with van der Waals surface area (Å²) in [5.74, 6) is -0.664. The molecule has 0 bridgehead atoms. The van der Waals surface area contributed by atoms with E-state index in [0.717, 1.165) is 16.7 Å². The lowest BCUT2D eigenvalue weighted by Crippen LogP contribution is -2.06. The zero-order valence-electron chi connectivity index (χ0n) is 17.2. The fourth-order valence-electron chi connectivity index (χ4n) is 2.88. The van der Waals surface area contributed by atoms with Crippen molar-refractivity contribution < 1.29 is 28.3 Å². The number of aliphatic carboxylic acids is 1.